The molecule has 0 radical (unpaired) electrons. The standard InChI is InChI=1S/C31H18N4/c1-2-6-21-17(5-1)13-19-16-24-20(15-23(19)21)14-18-9-10-22-28(27(18)24)29-25(7-3-11-32-29)35-26-8-4-12-33-30(26)34-31(22)35/h1-12,15-16H,13-14H2. The van der Waals surface area contributed by atoms with Gasteiger partial charge in [0.15, 0.2) is 5.65 Å². The minimum absolute atomic E-state index is 0.765. The Kier molecular flexibility index (Phi) is 3.11. The highest BCUT2D eigenvalue weighted by Gasteiger charge is 2.28. The Hall–Kier alpha value is -4.57. The number of hydrogen-bond acceptors (Lipinski definition) is 3. The van der Waals surface area contributed by atoms with Crippen LogP contribution in [0.25, 0.3) is 60.9 Å². The summed E-state index contributed by atoms with van der Waals surface area (Å²) in [5.41, 5.74) is 15.9. The highest BCUT2D eigenvalue weighted by Crippen LogP contribution is 2.48. The SMILES string of the molecule is c1ccc2c(c1)Cc1cc3c(cc1-2)Cc1ccc2c(c1-3)c1ncccc1n1c3cccnc3nc21. The number of hydrogen-bond donors (Lipinski definition) is 0. The van der Waals surface area contributed by atoms with E-state index in [0.717, 1.165) is 46.1 Å². The quantitative estimate of drug-likeness (QED) is 0.243. The van der Waals surface area contributed by atoms with Gasteiger partial charge in [-0.1, -0.05) is 36.4 Å². The number of imidazole rings is 1. The zero-order valence-corrected chi connectivity index (χ0v) is 18.8. The van der Waals surface area contributed by atoms with Crippen molar-refractivity contribution in [2.75, 3.05) is 0 Å². The molecule has 162 valence electrons. The first-order valence-electron chi connectivity index (χ1n) is 12.0. The van der Waals surface area contributed by atoms with Crippen molar-refractivity contribution in [1.82, 2.24) is 19.4 Å². The number of pyridine rings is 3. The monoisotopic (exact) mass is 446 g/mol. The Morgan fingerprint density at radius 1 is 0.629 bits per heavy atom. The molecule has 2 aliphatic carbocycles. The molecule has 4 heterocycles. The summed E-state index contributed by atoms with van der Waals surface area (Å²) in [5, 5.41) is 2.33. The molecule has 0 fully saturated rings. The molecule has 35 heavy (non-hydrogen) atoms. The number of benzene rings is 3. The molecule has 0 atom stereocenters. The van der Waals surface area contributed by atoms with Crippen LogP contribution in [0, 0.1) is 0 Å². The van der Waals surface area contributed by atoms with E-state index in [2.05, 4.69) is 70.0 Å². The highest BCUT2D eigenvalue weighted by molar-refractivity contribution is 6.19. The third kappa shape index (κ3) is 2.15. The van der Waals surface area contributed by atoms with Crippen LogP contribution in [0.5, 0.6) is 0 Å². The van der Waals surface area contributed by atoms with Gasteiger partial charge in [0.2, 0.25) is 0 Å². The Balaban J connectivity index is 1.43. The third-order valence-electron chi connectivity index (χ3n) is 7.89. The molecule has 9 rings (SSSR count). The molecule has 0 aliphatic heterocycles. The smallest absolute Gasteiger partial charge is 0.178 e. The first-order valence-corrected chi connectivity index (χ1v) is 12.0. The molecule has 0 N–H and O–H groups in total. The lowest BCUT2D eigenvalue weighted by Gasteiger charge is -2.13. The van der Waals surface area contributed by atoms with Crippen LogP contribution in [-0.2, 0) is 12.8 Å². The molecule has 0 unspecified atom stereocenters. The van der Waals surface area contributed by atoms with Gasteiger partial charge in [0.1, 0.15) is 5.65 Å². The van der Waals surface area contributed by atoms with Crippen LogP contribution in [0.4, 0.5) is 0 Å². The van der Waals surface area contributed by atoms with Crippen molar-refractivity contribution in [2.24, 2.45) is 0 Å². The van der Waals surface area contributed by atoms with E-state index >= 15 is 0 Å². The Morgan fingerprint density at radius 3 is 2.40 bits per heavy atom. The van der Waals surface area contributed by atoms with E-state index in [-0.39, 0.29) is 0 Å². The first-order chi connectivity index (χ1) is 17.3. The molecular weight excluding hydrogens is 428 g/mol. The summed E-state index contributed by atoms with van der Waals surface area (Å²) in [6.45, 7) is 0. The van der Waals surface area contributed by atoms with Crippen molar-refractivity contribution < 1.29 is 0 Å². The number of aromatic nitrogens is 4. The van der Waals surface area contributed by atoms with E-state index in [1.165, 1.54) is 49.9 Å². The van der Waals surface area contributed by atoms with Crippen molar-refractivity contribution in [3.63, 3.8) is 0 Å². The summed E-state index contributed by atoms with van der Waals surface area (Å²) in [7, 11) is 0. The van der Waals surface area contributed by atoms with E-state index in [0.29, 0.717) is 0 Å². The molecule has 0 spiro atoms. The minimum atomic E-state index is 0.765. The lowest BCUT2D eigenvalue weighted by atomic mass is 9.94. The normalized spacial score (nSPS) is 13.5. The predicted octanol–water partition coefficient (Wildman–Crippen LogP) is 6.73. The summed E-state index contributed by atoms with van der Waals surface area (Å²) in [6.07, 6.45) is 5.66. The molecule has 2 aliphatic rings. The molecule has 0 saturated carbocycles. The second kappa shape index (κ2) is 6.10. The lowest BCUT2D eigenvalue weighted by molar-refractivity contribution is 1.24. The Bertz CT molecular complexity index is 2070. The summed E-state index contributed by atoms with van der Waals surface area (Å²) in [4.78, 5) is 14.5. The van der Waals surface area contributed by atoms with Crippen LogP contribution in [0.2, 0.25) is 0 Å². The highest BCUT2D eigenvalue weighted by atomic mass is 15.1. The minimum Gasteiger partial charge on any atom is -0.288 e. The van der Waals surface area contributed by atoms with Gasteiger partial charge in [-0.2, -0.15) is 0 Å². The molecule has 4 nitrogen and oxygen atoms in total. The Morgan fingerprint density at radius 2 is 1.43 bits per heavy atom. The fraction of sp³-hybridized carbons (Fsp3) is 0.0645. The summed E-state index contributed by atoms with van der Waals surface area (Å²) >= 11 is 0. The maximum Gasteiger partial charge on any atom is 0.178 e. The van der Waals surface area contributed by atoms with Gasteiger partial charge in [-0.25, -0.2) is 9.97 Å². The summed E-state index contributed by atoms with van der Waals surface area (Å²) in [5.74, 6) is 0. The van der Waals surface area contributed by atoms with Gasteiger partial charge >= 0.3 is 0 Å². The van der Waals surface area contributed by atoms with Crippen molar-refractivity contribution in [1.29, 1.82) is 0 Å². The zero-order chi connectivity index (χ0) is 22.7. The van der Waals surface area contributed by atoms with Crippen molar-refractivity contribution in [2.45, 2.75) is 12.8 Å². The van der Waals surface area contributed by atoms with Crippen LogP contribution in [0.3, 0.4) is 0 Å². The average molecular weight is 447 g/mol. The van der Waals surface area contributed by atoms with Gasteiger partial charge in [-0.15, -0.1) is 0 Å². The summed E-state index contributed by atoms with van der Waals surface area (Å²) < 4.78 is 2.22. The van der Waals surface area contributed by atoms with Crippen molar-refractivity contribution >= 4 is 38.6 Å². The molecule has 0 bridgehead atoms. The van der Waals surface area contributed by atoms with Crippen molar-refractivity contribution in [3.8, 4) is 22.3 Å². The van der Waals surface area contributed by atoms with Gasteiger partial charge in [0.25, 0.3) is 0 Å². The molecule has 7 aromatic rings. The molecule has 4 heteroatoms. The number of fused-ring (bicyclic) bond motifs is 15. The fourth-order valence-corrected chi connectivity index (χ4v) is 6.45. The van der Waals surface area contributed by atoms with Gasteiger partial charge in [-0.05, 0) is 93.7 Å². The first kappa shape index (κ1) is 17.8. The van der Waals surface area contributed by atoms with E-state index < -0.39 is 0 Å². The largest absolute Gasteiger partial charge is 0.288 e. The van der Waals surface area contributed by atoms with Crippen LogP contribution in [-0.4, -0.2) is 19.4 Å². The maximum atomic E-state index is 4.98. The molecule has 0 amide bonds. The molecular formula is C31H18N4. The van der Waals surface area contributed by atoms with Crippen LogP contribution >= 0.6 is 0 Å². The van der Waals surface area contributed by atoms with Crippen LogP contribution in [0.15, 0.2) is 85.2 Å². The topological polar surface area (TPSA) is 43.1 Å². The van der Waals surface area contributed by atoms with E-state index in [9.17, 15) is 0 Å². The average Bonchev–Trinajstić information content (AvgIpc) is 3.58. The summed E-state index contributed by atoms with van der Waals surface area (Å²) in [6, 6.07) is 26.4. The van der Waals surface area contributed by atoms with Crippen LogP contribution in [0.1, 0.15) is 22.3 Å². The second-order valence-corrected chi connectivity index (χ2v) is 9.69. The molecule has 3 aromatic carbocycles. The Labute approximate surface area is 200 Å². The predicted molar refractivity (Wildman–Crippen MR) is 140 cm³/mol. The van der Waals surface area contributed by atoms with Crippen LogP contribution < -0.4 is 0 Å². The third-order valence-corrected chi connectivity index (χ3v) is 7.89. The number of rotatable bonds is 0. The van der Waals surface area contributed by atoms with E-state index in [4.69, 9.17) is 9.97 Å². The fourth-order valence-electron chi connectivity index (χ4n) is 6.45. The van der Waals surface area contributed by atoms with Gasteiger partial charge in [-0.3, -0.25) is 9.38 Å². The number of nitrogens with zero attached hydrogens (tertiary/aromatic N) is 4. The maximum absolute atomic E-state index is 4.98. The van der Waals surface area contributed by atoms with Gasteiger partial charge in [0.05, 0.1) is 16.6 Å². The molecule has 0 saturated heterocycles. The van der Waals surface area contributed by atoms with Gasteiger partial charge in [0, 0.05) is 23.2 Å². The lowest BCUT2D eigenvalue weighted by Crippen LogP contribution is -1.95. The van der Waals surface area contributed by atoms with E-state index in [1.807, 2.05) is 24.5 Å². The van der Waals surface area contributed by atoms with Gasteiger partial charge < -0.3 is 0 Å². The second-order valence-electron chi connectivity index (χ2n) is 9.69. The van der Waals surface area contributed by atoms with Crippen molar-refractivity contribution in [3.05, 3.63) is 107 Å². The van der Waals surface area contributed by atoms with E-state index in [1.54, 1.807) is 0 Å². The molecule has 4 aromatic heterocycles. The zero-order valence-electron chi connectivity index (χ0n) is 18.8.